The monoisotopic (exact) mass is 454 g/mol. The van der Waals surface area contributed by atoms with Crippen molar-refractivity contribution in [1.82, 2.24) is 19.8 Å². The second kappa shape index (κ2) is 9.83. The van der Waals surface area contributed by atoms with E-state index in [0.29, 0.717) is 16.3 Å². The molecule has 2 aromatic rings. The summed E-state index contributed by atoms with van der Waals surface area (Å²) >= 11 is 6.00. The molecule has 0 unspecified atom stereocenters. The van der Waals surface area contributed by atoms with Crippen LogP contribution in [-0.4, -0.2) is 41.0 Å². The molecule has 0 spiro atoms. The average Bonchev–Trinajstić information content (AvgIpc) is 3.03. The Kier molecular flexibility index (Phi) is 7.93. The highest BCUT2D eigenvalue weighted by Gasteiger charge is 2.27. The molecule has 0 radical (unpaired) electrons. The first-order valence-electron chi connectivity index (χ1n) is 10.0. The van der Waals surface area contributed by atoms with Crippen LogP contribution in [0.1, 0.15) is 58.8 Å². The lowest BCUT2D eigenvalue weighted by Crippen LogP contribution is -2.46. The van der Waals surface area contributed by atoms with Crippen molar-refractivity contribution in [2.24, 2.45) is 0 Å². The van der Waals surface area contributed by atoms with Crippen LogP contribution in [-0.2, 0) is 22.1 Å². The Morgan fingerprint density at radius 3 is 2.40 bits per heavy atom. The molecule has 0 atom stereocenters. The van der Waals surface area contributed by atoms with Gasteiger partial charge in [-0.3, -0.25) is 0 Å². The number of nitrogens with zero attached hydrogens (tertiary/aromatic N) is 3. The second-order valence-corrected chi connectivity index (χ2v) is 10.5. The van der Waals surface area contributed by atoms with Crippen LogP contribution in [0.25, 0.3) is 0 Å². The third-order valence-electron chi connectivity index (χ3n) is 4.51. The Labute approximate surface area is 184 Å². The predicted octanol–water partition coefficient (Wildman–Crippen LogP) is 4.42. The average molecular weight is 455 g/mol. The number of imidazole rings is 1. The first-order chi connectivity index (χ1) is 13.9. The molecule has 2 rings (SSSR count). The summed E-state index contributed by atoms with van der Waals surface area (Å²) in [6.07, 6.45) is 1.54. The topological polar surface area (TPSA) is 84.3 Å². The van der Waals surface area contributed by atoms with Crippen LogP contribution in [0.3, 0.4) is 0 Å². The van der Waals surface area contributed by atoms with Gasteiger partial charge in [0.1, 0.15) is 0 Å². The normalized spacial score (nSPS) is 12.1. The number of hydrogen-bond donors (Lipinski definition) is 1. The Balaban J connectivity index is 2.39. The van der Waals surface area contributed by atoms with Gasteiger partial charge in [-0.15, -0.1) is 0 Å². The number of nitrogens with one attached hydrogen (secondary N) is 1. The summed E-state index contributed by atoms with van der Waals surface area (Å²) in [5.74, 6) is -0.196. The van der Waals surface area contributed by atoms with Crippen molar-refractivity contribution in [3.05, 3.63) is 46.7 Å². The number of hydrogen-bond acceptors (Lipinski definition) is 4. The first kappa shape index (κ1) is 24.2. The highest BCUT2D eigenvalue weighted by Crippen LogP contribution is 2.24. The highest BCUT2D eigenvalue weighted by molar-refractivity contribution is 7.90. The number of carbonyl (C=O) groups is 1. The van der Waals surface area contributed by atoms with Crippen LogP contribution in [0.4, 0.5) is 4.79 Å². The standard InChI is InChI=1S/C21H31ClN4O3S/c1-14(2)24-20(27)25(15(3)4)12-19-11-23-21(26(19)16(5)6)30(28,29)13-17-8-7-9-18(22)10-17/h7-11,14-16H,12-13H2,1-6H3,(H,24,27). The van der Waals surface area contributed by atoms with Crippen LogP contribution < -0.4 is 5.32 Å². The molecule has 166 valence electrons. The molecular weight excluding hydrogens is 424 g/mol. The fraction of sp³-hybridized carbons (Fsp3) is 0.524. The van der Waals surface area contributed by atoms with Gasteiger partial charge in [0.15, 0.2) is 0 Å². The summed E-state index contributed by atoms with van der Waals surface area (Å²) in [7, 11) is -3.71. The lowest BCUT2D eigenvalue weighted by molar-refractivity contribution is 0.175. The van der Waals surface area contributed by atoms with Crippen LogP contribution in [0.15, 0.2) is 35.6 Å². The lowest BCUT2D eigenvalue weighted by Gasteiger charge is -2.29. The summed E-state index contributed by atoms with van der Waals surface area (Å²) in [6.45, 7) is 11.7. The minimum absolute atomic E-state index is 0.000416. The summed E-state index contributed by atoms with van der Waals surface area (Å²) in [6, 6.07) is 6.39. The van der Waals surface area contributed by atoms with E-state index in [0.717, 1.165) is 0 Å². The Bertz CT molecular complexity index is 984. The molecule has 0 aliphatic heterocycles. The smallest absolute Gasteiger partial charge is 0.318 e. The summed E-state index contributed by atoms with van der Waals surface area (Å²) in [5.41, 5.74) is 1.27. The maximum atomic E-state index is 13.1. The molecule has 1 heterocycles. The van der Waals surface area contributed by atoms with Crippen molar-refractivity contribution in [2.75, 3.05) is 0 Å². The molecule has 9 heteroatoms. The minimum atomic E-state index is -3.71. The van der Waals surface area contributed by atoms with Gasteiger partial charge in [0.25, 0.3) is 0 Å². The van der Waals surface area contributed by atoms with E-state index in [1.807, 2.05) is 41.5 Å². The van der Waals surface area contributed by atoms with Crippen molar-refractivity contribution >= 4 is 27.5 Å². The summed E-state index contributed by atoms with van der Waals surface area (Å²) in [5, 5.41) is 3.38. The van der Waals surface area contributed by atoms with Crippen molar-refractivity contribution < 1.29 is 13.2 Å². The Morgan fingerprint density at radius 1 is 1.20 bits per heavy atom. The van der Waals surface area contributed by atoms with Gasteiger partial charge in [0.05, 0.1) is 24.2 Å². The molecule has 2 amide bonds. The van der Waals surface area contributed by atoms with Crippen LogP contribution in [0.2, 0.25) is 5.02 Å². The van der Waals surface area contributed by atoms with Crippen molar-refractivity contribution in [1.29, 1.82) is 0 Å². The molecule has 30 heavy (non-hydrogen) atoms. The SMILES string of the molecule is CC(C)NC(=O)N(Cc1cnc(S(=O)(=O)Cc2cccc(Cl)c2)n1C(C)C)C(C)C. The first-order valence-corrected chi connectivity index (χ1v) is 12.1. The van der Waals surface area contributed by atoms with E-state index >= 15 is 0 Å². The molecule has 0 saturated carbocycles. The summed E-state index contributed by atoms with van der Waals surface area (Å²) in [4.78, 5) is 18.5. The zero-order chi connectivity index (χ0) is 22.6. The molecule has 0 aliphatic carbocycles. The third kappa shape index (κ3) is 5.98. The van der Waals surface area contributed by atoms with E-state index < -0.39 is 9.84 Å². The number of aromatic nitrogens is 2. The van der Waals surface area contributed by atoms with Gasteiger partial charge >= 0.3 is 6.03 Å². The summed E-state index contributed by atoms with van der Waals surface area (Å²) < 4.78 is 28.0. The minimum Gasteiger partial charge on any atom is -0.336 e. The molecule has 1 aromatic carbocycles. The van der Waals surface area contributed by atoms with E-state index in [1.165, 1.54) is 0 Å². The number of urea groups is 1. The highest BCUT2D eigenvalue weighted by atomic mass is 35.5. The van der Waals surface area contributed by atoms with E-state index in [1.54, 1.807) is 39.9 Å². The number of rotatable bonds is 8. The largest absolute Gasteiger partial charge is 0.336 e. The van der Waals surface area contributed by atoms with Gasteiger partial charge in [-0.2, -0.15) is 0 Å². The number of benzene rings is 1. The second-order valence-electron chi connectivity index (χ2n) is 8.21. The molecule has 0 aliphatic rings. The van der Waals surface area contributed by atoms with Crippen LogP contribution in [0, 0.1) is 0 Å². The number of amides is 2. The lowest BCUT2D eigenvalue weighted by atomic mass is 10.2. The van der Waals surface area contributed by atoms with Gasteiger partial charge in [0.2, 0.25) is 15.0 Å². The fourth-order valence-corrected chi connectivity index (χ4v) is 4.98. The van der Waals surface area contributed by atoms with Crippen LogP contribution in [0.5, 0.6) is 0 Å². The predicted molar refractivity (Wildman–Crippen MR) is 119 cm³/mol. The van der Waals surface area contributed by atoms with E-state index in [-0.39, 0.29) is 41.6 Å². The molecule has 0 fully saturated rings. The van der Waals surface area contributed by atoms with Crippen molar-refractivity contribution in [3.8, 4) is 0 Å². The van der Waals surface area contributed by atoms with Crippen molar-refractivity contribution in [3.63, 3.8) is 0 Å². The van der Waals surface area contributed by atoms with Gasteiger partial charge < -0.3 is 14.8 Å². The Hall–Kier alpha value is -2.06. The van der Waals surface area contributed by atoms with E-state index in [4.69, 9.17) is 11.6 Å². The number of sulfone groups is 1. The van der Waals surface area contributed by atoms with Gasteiger partial charge in [0, 0.05) is 23.1 Å². The number of halogens is 1. The maximum Gasteiger partial charge on any atom is 0.318 e. The zero-order valence-electron chi connectivity index (χ0n) is 18.4. The molecule has 7 nitrogen and oxygen atoms in total. The van der Waals surface area contributed by atoms with E-state index in [9.17, 15) is 13.2 Å². The zero-order valence-corrected chi connectivity index (χ0v) is 20.0. The molecule has 0 bridgehead atoms. The van der Waals surface area contributed by atoms with Gasteiger partial charge in [-0.1, -0.05) is 23.7 Å². The van der Waals surface area contributed by atoms with E-state index in [2.05, 4.69) is 10.3 Å². The quantitative estimate of drug-likeness (QED) is 0.639. The van der Waals surface area contributed by atoms with Crippen LogP contribution >= 0.6 is 11.6 Å². The maximum absolute atomic E-state index is 13.1. The fourth-order valence-electron chi connectivity index (χ4n) is 3.18. The van der Waals surface area contributed by atoms with Crippen molar-refractivity contribution in [2.45, 2.75) is 77.1 Å². The molecular formula is C21H31ClN4O3S. The third-order valence-corrected chi connectivity index (χ3v) is 6.32. The molecule has 1 aromatic heterocycles. The Morgan fingerprint density at radius 2 is 1.87 bits per heavy atom. The molecule has 0 saturated heterocycles. The number of carbonyl (C=O) groups excluding carboxylic acids is 1. The van der Waals surface area contributed by atoms with Gasteiger partial charge in [-0.25, -0.2) is 18.2 Å². The molecule has 1 N–H and O–H groups in total. The van der Waals surface area contributed by atoms with Gasteiger partial charge in [-0.05, 0) is 59.2 Å².